The van der Waals surface area contributed by atoms with Gasteiger partial charge in [-0.2, -0.15) is 0 Å². The van der Waals surface area contributed by atoms with E-state index in [0.717, 1.165) is 12.8 Å². The lowest BCUT2D eigenvalue weighted by Gasteiger charge is -2.15. The number of hydrogen-bond donors (Lipinski definition) is 1. The van der Waals surface area contributed by atoms with E-state index in [0.29, 0.717) is 6.42 Å². The molecule has 0 spiro atoms. The van der Waals surface area contributed by atoms with Crippen molar-refractivity contribution in [1.82, 2.24) is 4.90 Å². The standard InChI is InChI=1S/C17H23NO3/c1-18(11-10-17(20)21)16(19)7-2-4-13-8-9-14-5-3-6-15(14)12-13/h8-9,12H,2-7,10-11H2,1H3,(H,20,21). The summed E-state index contributed by atoms with van der Waals surface area (Å²) < 4.78 is 0. The van der Waals surface area contributed by atoms with Crippen molar-refractivity contribution in [3.63, 3.8) is 0 Å². The normalized spacial score (nSPS) is 13.0. The number of hydrogen-bond acceptors (Lipinski definition) is 2. The Kier molecular flexibility index (Phi) is 5.37. The van der Waals surface area contributed by atoms with Crippen LogP contribution in [0.1, 0.15) is 42.4 Å². The number of carbonyl (C=O) groups is 2. The molecule has 0 aliphatic heterocycles. The number of carboxylic acids is 1. The summed E-state index contributed by atoms with van der Waals surface area (Å²) in [5, 5.41) is 8.61. The van der Waals surface area contributed by atoms with Crippen molar-refractivity contribution in [2.45, 2.75) is 44.9 Å². The summed E-state index contributed by atoms with van der Waals surface area (Å²) in [5.41, 5.74) is 4.25. The van der Waals surface area contributed by atoms with Crippen molar-refractivity contribution >= 4 is 11.9 Å². The third kappa shape index (κ3) is 4.59. The number of fused-ring (bicyclic) bond motifs is 1. The van der Waals surface area contributed by atoms with Gasteiger partial charge in [-0.15, -0.1) is 0 Å². The topological polar surface area (TPSA) is 57.6 Å². The highest BCUT2D eigenvalue weighted by atomic mass is 16.4. The van der Waals surface area contributed by atoms with Gasteiger partial charge in [0.15, 0.2) is 0 Å². The van der Waals surface area contributed by atoms with Crippen LogP contribution in [0.2, 0.25) is 0 Å². The van der Waals surface area contributed by atoms with Gasteiger partial charge in [-0.25, -0.2) is 0 Å². The van der Waals surface area contributed by atoms with E-state index >= 15 is 0 Å². The molecule has 114 valence electrons. The van der Waals surface area contributed by atoms with Crippen LogP contribution < -0.4 is 0 Å². The highest BCUT2D eigenvalue weighted by Gasteiger charge is 2.12. The second-order valence-electron chi connectivity index (χ2n) is 5.77. The van der Waals surface area contributed by atoms with Crippen LogP contribution in [-0.4, -0.2) is 35.5 Å². The molecule has 0 fully saturated rings. The average Bonchev–Trinajstić information content (AvgIpc) is 2.92. The molecule has 0 heterocycles. The molecule has 1 aromatic rings. The Hall–Kier alpha value is -1.84. The van der Waals surface area contributed by atoms with E-state index in [2.05, 4.69) is 18.2 Å². The zero-order valence-electron chi connectivity index (χ0n) is 12.6. The molecule has 21 heavy (non-hydrogen) atoms. The van der Waals surface area contributed by atoms with Gasteiger partial charge in [0.2, 0.25) is 5.91 Å². The molecule has 4 nitrogen and oxygen atoms in total. The molecule has 0 saturated carbocycles. The zero-order valence-corrected chi connectivity index (χ0v) is 12.6. The molecule has 0 bridgehead atoms. The second kappa shape index (κ2) is 7.25. The van der Waals surface area contributed by atoms with Crippen LogP contribution >= 0.6 is 0 Å². The quantitative estimate of drug-likeness (QED) is 0.838. The predicted octanol–water partition coefficient (Wildman–Crippen LogP) is 2.43. The van der Waals surface area contributed by atoms with E-state index in [9.17, 15) is 9.59 Å². The summed E-state index contributed by atoms with van der Waals surface area (Å²) in [4.78, 5) is 23.9. The Morgan fingerprint density at radius 2 is 1.95 bits per heavy atom. The number of aliphatic carboxylic acids is 1. The summed E-state index contributed by atoms with van der Waals surface area (Å²) in [6.45, 7) is 0.285. The molecule has 0 unspecified atom stereocenters. The van der Waals surface area contributed by atoms with Crippen molar-refractivity contribution in [2.24, 2.45) is 0 Å². The Morgan fingerprint density at radius 1 is 1.19 bits per heavy atom. The first kappa shape index (κ1) is 15.5. The van der Waals surface area contributed by atoms with Crippen LogP contribution in [0.3, 0.4) is 0 Å². The van der Waals surface area contributed by atoms with Crippen LogP contribution in [-0.2, 0) is 28.9 Å². The van der Waals surface area contributed by atoms with Crippen molar-refractivity contribution < 1.29 is 14.7 Å². The van der Waals surface area contributed by atoms with Gasteiger partial charge in [0.1, 0.15) is 0 Å². The summed E-state index contributed by atoms with van der Waals surface area (Å²) >= 11 is 0. The lowest BCUT2D eigenvalue weighted by molar-refractivity contribution is -0.138. The molecule has 0 atom stereocenters. The van der Waals surface area contributed by atoms with Crippen molar-refractivity contribution in [2.75, 3.05) is 13.6 Å². The van der Waals surface area contributed by atoms with Gasteiger partial charge >= 0.3 is 5.97 Å². The van der Waals surface area contributed by atoms with Gasteiger partial charge in [-0.05, 0) is 48.8 Å². The molecular formula is C17H23NO3. The molecule has 1 aromatic carbocycles. The van der Waals surface area contributed by atoms with Crippen LogP contribution in [0.5, 0.6) is 0 Å². The molecule has 0 saturated heterocycles. The summed E-state index contributed by atoms with van der Waals surface area (Å²) in [6, 6.07) is 6.67. The number of carboxylic acid groups (broad SMARTS) is 1. The Labute approximate surface area is 125 Å². The number of rotatable bonds is 7. The monoisotopic (exact) mass is 289 g/mol. The first-order valence-electron chi connectivity index (χ1n) is 7.62. The number of nitrogens with zero attached hydrogens (tertiary/aromatic N) is 1. The zero-order chi connectivity index (χ0) is 15.2. The maximum absolute atomic E-state index is 11.9. The van der Waals surface area contributed by atoms with Crippen molar-refractivity contribution in [3.8, 4) is 0 Å². The fraction of sp³-hybridized carbons (Fsp3) is 0.529. The molecule has 0 radical (unpaired) electrons. The minimum absolute atomic E-state index is 0.00701. The molecule has 1 amide bonds. The van der Waals surface area contributed by atoms with E-state index < -0.39 is 5.97 Å². The van der Waals surface area contributed by atoms with Gasteiger partial charge in [0.25, 0.3) is 0 Å². The van der Waals surface area contributed by atoms with Gasteiger partial charge in [0.05, 0.1) is 6.42 Å². The smallest absolute Gasteiger partial charge is 0.305 e. The summed E-state index contributed by atoms with van der Waals surface area (Å²) in [6.07, 6.45) is 5.84. The average molecular weight is 289 g/mol. The van der Waals surface area contributed by atoms with E-state index in [1.807, 2.05) is 0 Å². The molecule has 1 N–H and O–H groups in total. The fourth-order valence-electron chi connectivity index (χ4n) is 2.80. The third-order valence-corrected chi connectivity index (χ3v) is 4.11. The molecule has 1 aliphatic rings. The lowest BCUT2D eigenvalue weighted by atomic mass is 10.0. The summed E-state index contributed by atoms with van der Waals surface area (Å²) in [7, 11) is 1.67. The first-order valence-corrected chi connectivity index (χ1v) is 7.62. The van der Waals surface area contributed by atoms with E-state index in [-0.39, 0.29) is 18.9 Å². The minimum Gasteiger partial charge on any atom is -0.481 e. The second-order valence-corrected chi connectivity index (χ2v) is 5.77. The molecule has 0 aromatic heterocycles. The predicted molar refractivity (Wildman–Crippen MR) is 81.3 cm³/mol. The van der Waals surface area contributed by atoms with Gasteiger partial charge in [0, 0.05) is 20.0 Å². The fourth-order valence-corrected chi connectivity index (χ4v) is 2.80. The van der Waals surface area contributed by atoms with Gasteiger partial charge in [-0.1, -0.05) is 18.2 Å². The molecular weight excluding hydrogens is 266 g/mol. The van der Waals surface area contributed by atoms with E-state index in [1.54, 1.807) is 7.05 Å². The lowest BCUT2D eigenvalue weighted by Crippen LogP contribution is -2.28. The maximum Gasteiger partial charge on any atom is 0.305 e. The van der Waals surface area contributed by atoms with Gasteiger partial charge in [-0.3, -0.25) is 9.59 Å². The SMILES string of the molecule is CN(CCC(=O)O)C(=O)CCCc1ccc2c(c1)CCC2. The first-order chi connectivity index (χ1) is 10.1. The maximum atomic E-state index is 11.9. The van der Waals surface area contributed by atoms with E-state index in [4.69, 9.17) is 5.11 Å². The van der Waals surface area contributed by atoms with Crippen molar-refractivity contribution in [3.05, 3.63) is 34.9 Å². The number of benzene rings is 1. The number of aryl methyl sites for hydroxylation is 3. The van der Waals surface area contributed by atoms with Crippen molar-refractivity contribution in [1.29, 1.82) is 0 Å². The summed E-state index contributed by atoms with van der Waals surface area (Å²) in [5.74, 6) is -0.842. The minimum atomic E-state index is -0.868. The number of carbonyl (C=O) groups excluding carboxylic acids is 1. The molecule has 2 rings (SSSR count). The van der Waals surface area contributed by atoms with E-state index in [1.165, 1.54) is 40.9 Å². The highest BCUT2D eigenvalue weighted by Crippen LogP contribution is 2.23. The van der Waals surface area contributed by atoms with Crippen LogP contribution in [0.4, 0.5) is 0 Å². The van der Waals surface area contributed by atoms with Gasteiger partial charge < -0.3 is 10.0 Å². The van der Waals surface area contributed by atoms with Crippen LogP contribution in [0.25, 0.3) is 0 Å². The Morgan fingerprint density at radius 3 is 2.71 bits per heavy atom. The Bertz CT molecular complexity index is 525. The molecule has 4 heteroatoms. The highest BCUT2D eigenvalue weighted by molar-refractivity contribution is 5.76. The number of amides is 1. The van der Waals surface area contributed by atoms with Crippen LogP contribution in [0.15, 0.2) is 18.2 Å². The molecule has 1 aliphatic carbocycles. The van der Waals surface area contributed by atoms with Crippen LogP contribution in [0, 0.1) is 0 Å². The largest absolute Gasteiger partial charge is 0.481 e. The Balaban J connectivity index is 1.73. The third-order valence-electron chi connectivity index (χ3n) is 4.11.